The first-order chi connectivity index (χ1) is 13.1. The number of hydrogen-bond donors (Lipinski definition) is 1. The minimum atomic E-state index is -0.297. The van der Waals surface area contributed by atoms with Crippen LogP contribution >= 0.6 is 15.9 Å². The Morgan fingerprint density at radius 2 is 1.67 bits per heavy atom. The van der Waals surface area contributed by atoms with Gasteiger partial charge in [0.2, 0.25) is 5.91 Å². The Kier molecular flexibility index (Phi) is 6.55. The van der Waals surface area contributed by atoms with Crippen molar-refractivity contribution >= 4 is 28.1 Å². The van der Waals surface area contributed by atoms with Gasteiger partial charge in [-0.05, 0) is 47.7 Å². The maximum Gasteiger partial charge on any atom is 0.247 e. The van der Waals surface area contributed by atoms with E-state index < -0.39 is 0 Å². The zero-order valence-electron chi connectivity index (χ0n) is 15.1. The van der Waals surface area contributed by atoms with Gasteiger partial charge in [-0.1, -0.05) is 82.7 Å². The number of nitrogens with zero attached hydrogens (tertiary/aromatic N) is 1. The molecule has 0 radical (unpaired) electrons. The third-order valence-corrected chi connectivity index (χ3v) is 4.99. The fraction of sp³-hybridized carbons (Fsp3) is 0.130. The van der Waals surface area contributed by atoms with Crippen LogP contribution in [0.5, 0.6) is 0 Å². The predicted octanol–water partition coefficient (Wildman–Crippen LogP) is 5.23. The number of amides is 1. The van der Waals surface area contributed by atoms with Gasteiger partial charge in [0.15, 0.2) is 0 Å². The van der Waals surface area contributed by atoms with Crippen LogP contribution in [0.25, 0.3) is 0 Å². The Balaban J connectivity index is 1.76. The first-order valence-electron chi connectivity index (χ1n) is 8.81. The number of carbonyl (C=O) groups is 1. The molecule has 0 saturated heterocycles. The van der Waals surface area contributed by atoms with Crippen LogP contribution in [-0.2, 0) is 11.2 Å². The van der Waals surface area contributed by atoms with Gasteiger partial charge in [-0.25, -0.2) is 5.43 Å². The summed E-state index contributed by atoms with van der Waals surface area (Å²) in [7, 11) is 0. The molecule has 0 bridgehead atoms. The van der Waals surface area contributed by atoms with Crippen LogP contribution < -0.4 is 5.43 Å². The van der Waals surface area contributed by atoms with Crippen molar-refractivity contribution in [3.63, 3.8) is 0 Å². The maximum absolute atomic E-state index is 12.9. The lowest BCUT2D eigenvalue weighted by Crippen LogP contribution is -2.27. The molecule has 3 aromatic rings. The van der Waals surface area contributed by atoms with Crippen LogP contribution in [0.2, 0.25) is 0 Å². The van der Waals surface area contributed by atoms with Crippen LogP contribution in [0.4, 0.5) is 0 Å². The monoisotopic (exact) mass is 420 g/mol. The van der Waals surface area contributed by atoms with E-state index in [0.29, 0.717) is 6.42 Å². The van der Waals surface area contributed by atoms with Gasteiger partial charge in [0.25, 0.3) is 0 Å². The molecule has 0 aliphatic rings. The molecule has 3 nitrogen and oxygen atoms in total. The normalized spacial score (nSPS) is 12.1. The highest BCUT2D eigenvalue weighted by atomic mass is 79.9. The molecule has 1 N–H and O–H groups in total. The summed E-state index contributed by atoms with van der Waals surface area (Å²) in [6.45, 7) is 2.07. The first kappa shape index (κ1) is 19.1. The van der Waals surface area contributed by atoms with Crippen molar-refractivity contribution in [1.29, 1.82) is 0 Å². The summed E-state index contributed by atoms with van der Waals surface area (Å²) in [5, 5.41) is 4.14. The zero-order valence-corrected chi connectivity index (χ0v) is 16.7. The van der Waals surface area contributed by atoms with E-state index in [9.17, 15) is 4.79 Å². The van der Waals surface area contributed by atoms with E-state index in [2.05, 4.69) is 45.5 Å². The van der Waals surface area contributed by atoms with Gasteiger partial charge in [0, 0.05) is 4.47 Å². The third kappa shape index (κ3) is 5.38. The van der Waals surface area contributed by atoms with Crippen LogP contribution in [0.15, 0.2) is 88.4 Å². The summed E-state index contributed by atoms with van der Waals surface area (Å²) < 4.78 is 1.01. The highest BCUT2D eigenvalue weighted by molar-refractivity contribution is 9.10. The van der Waals surface area contributed by atoms with Crippen molar-refractivity contribution in [2.45, 2.75) is 19.3 Å². The molecule has 0 aliphatic carbocycles. The lowest BCUT2D eigenvalue weighted by Gasteiger charge is -2.17. The topological polar surface area (TPSA) is 41.5 Å². The third-order valence-electron chi connectivity index (χ3n) is 4.46. The number of aryl methyl sites for hydroxylation is 1. The average Bonchev–Trinajstić information content (AvgIpc) is 2.69. The molecule has 0 aromatic heterocycles. The highest BCUT2D eigenvalue weighted by Crippen LogP contribution is 2.23. The first-order valence-corrected chi connectivity index (χ1v) is 9.61. The molecular formula is C23H21BrN2O. The number of rotatable bonds is 6. The molecule has 1 atom stereocenters. The van der Waals surface area contributed by atoms with Crippen LogP contribution in [0, 0.1) is 6.92 Å². The minimum Gasteiger partial charge on any atom is -0.272 e. The molecular weight excluding hydrogens is 400 g/mol. The van der Waals surface area contributed by atoms with Crippen LogP contribution in [0.3, 0.4) is 0 Å². The van der Waals surface area contributed by atoms with Crippen molar-refractivity contribution in [3.8, 4) is 0 Å². The molecule has 1 unspecified atom stereocenters. The summed E-state index contributed by atoms with van der Waals surface area (Å²) in [6.07, 6.45) is 2.29. The molecule has 0 fully saturated rings. The molecule has 1 amide bonds. The number of benzene rings is 3. The van der Waals surface area contributed by atoms with Gasteiger partial charge in [0.1, 0.15) is 0 Å². The Labute approximate surface area is 168 Å². The quantitative estimate of drug-likeness (QED) is 0.430. The fourth-order valence-corrected chi connectivity index (χ4v) is 3.17. The van der Waals surface area contributed by atoms with Crippen molar-refractivity contribution in [3.05, 3.63) is 106 Å². The van der Waals surface area contributed by atoms with Gasteiger partial charge >= 0.3 is 0 Å². The van der Waals surface area contributed by atoms with E-state index in [1.54, 1.807) is 6.21 Å². The number of hydrazone groups is 1. The Hall–Kier alpha value is -2.72. The molecule has 0 aliphatic heterocycles. The second-order valence-electron chi connectivity index (χ2n) is 6.38. The van der Waals surface area contributed by atoms with E-state index in [0.717, 1.165) is 15.6 Å². The molecule has 27 heavy (non-hydrogen) atoms. The lowest BCUT2D eigenvalue weighted by atomic mass is 9.90. The van der Waals surface area contributed by atoms with Crippen molar-refractivity contribution in [2.24, 2.45) is 5.10 Å². The Bertz CT molecular complexity index is 921. The van der Waals surface area contributed by atoms with Gasteiger partial charge in [-0.15, -0.1) is 0 Å². The van der Waals surface area contributed by atoms with Gasteiger partial charge < -0.3 is 0 Å². The SMILES string of the molecule is Cc1ccccc1CC(C(=O)NN=Cc1ccc(Br)cc1)c1ccccc1. The van der Waals surface area contributed by atoms with E-state index in [1.165, 1.54) is 11.1 Å². The largest absolute Gasteiger partial charge is 0.272 e. The average molecular weight is 421 g/mol. The minimum absolute atomic E-state index is 0.113. The standard InChI is InChI=1S/C23H21BrN2O/c1-17-7-5-6-10-20(17)15-22(19-8-3-2-4-9-19)23(27)26-25-16-18-11-13-21(24)14-12-18/h2-14,16,22H,15H2,1H3,(H,26,27). The number of halogens is 1. The molecule has 4 heteroatoms. The summed E-state index contributed by atoms with van der Waals surface area (Å²) >= 11 is 3.40. The number of carbonyl (C=O) groups excluding carboxylic acids is 1. The second kappa shape index (κ2) is 9.28. The fourth-order valence-electron chi connectivity index (χ4n) is 2.90. The summed E-state index contributed by atoms with van der Waals surface area (Å²) in [5.41, 5.74) is 6.96. The molecule has 0 heterocycles. The van der Waals surface area contributed by atoms with Crippen molar-refractivity contribution < 1.29 is 4.79 Å². The summed E-state index contributed by atoms with van der Waals surface area (Å²) in [4.78, 5) is 12.9. The summed E-state index contributed by atoms with van der Waals surface area (Å²) in [6, 6.07) is 25.8. The van der Waals surface area contributed by atoms with Gasteiger partial charge in [-0.2, -0.15) is 5.10 Å². The maximum atomic E-state index is 12.9. The van der Waals surface area contributed by atoms with E-state index in [4.69, 9.17) is 0 Å². The zero-order chi connectivity index (χ0) is 19.1. The van der Waals surface area contributed by atoms with Gasteiger partial charge in [0.05, 0.1) is 12.1 Å². The highest BCUT2D eigenvalue weighted by Gasteiger charge is 2.21. The molecule has 0 saturated carbocycles. The number of hydrogen-bond acceptors (Lipinski definition) is 2. The van der Waals surface area contributed by atoms with E-state index in [1.807, 2.05) is 66.7 Å². The second-order valence-corrected chi connectivity index (χ2v) is 7.30. The van der Waals surface area contributed by atoms with E-state index >= 15 is 0 Å². The predicted molar refractivity (Wildman–Crippen MR) is 114 cm³/mol. The van der Waals surface area contributed by atoms with E-state index in [-0.39, 0.29) is 11.8 Å². The molecule has 136 valence electrons. The van der Waals surface area contributed by atoms with Gasteiger partial charge in [-0.3, -0.25) is 4.79 Å². The van der Waals surface area contributed by atoms with Crippen LogP contribution in [0.1, 0.15) is 28.2 Å². The van der Waals surface area contributed by atoms with Crippen molar-refractivity contribution in [2.75, 3.05) is 0 Å². The van der Waals surface area contributed by atoms with Crippen molar-refractivity contribution in [1.82, 2.24) is 5.43 Å². The Morgan fingerprint density at radius 3 is 2.37 bits per heavy atom. The number of nitrogens with one attached hydrogen (secondary N) is 1. The smallest absolute Gasteiger partial charge is 0.247 e. The molecule has 3 aromatic carbocycles. The molecule has 0 spiro atoms. The Morgan fingerprint density at radius 1 is 1.00 bits per heavy atom. The van der Waals surface area contributed by atoms with Crippen LogP contribution in [-0.4, -0.2) is 12.1 Å². The lowest BCUT2D eigenvalue weighted by molar-refractivity contribution is -0.122. The molecule has 3 rings (SSSR count). The summed E-state index contributed by atoms with van der Waals surface area (Å²) in [5.74, 6) is -0.410.